The van der Waals surface area contributed by atoms with E-state index in [2.05, 4.69) is 15.3 Å². The van der Waals surface area contributed by atoms with Crippen LogP contribution < -0.4 is 5.32 Å². The van der Waals surface area contributed by atoms with E-state index in [1.165, 1.54) is 21.7 Å². The molecule has 4 rings (SSSR count). The number of aromatic nitrogens is 2. The molecule has 0 fully saturated rings. The second-order valence-electron chi connectivity index (χ2n) is 9.64. The number of benzene rings is 2. The first kappa shape index (κ1) is 28.6. The molecule has 2 N–H and O–H groups in total. The molecule has 0 radical (unpaired) electrons. The molecule has 0 aliphatic heterocycles. The largest absolute Gasteiger partial charge is 0.445 e. The van der Waals surface area contributed by atoms with Crippen molar-refractivity contribution in [3.63, 3.8) is 0 Å². The van der Waals surface area contributed by atoms with Crippen LogP contribution in [-0.2, 0) is 27.8 Å². The monoisotopic (exact) mass is 568 g/mol. The lowest BCUT2D eigenvalue weighted by Gasteiger charge is -2.30. The van der Waals surface area contributed by atoms with Gasteiger partial charge in [0.2, 0.25) is 10.0 Å². The van der Waals surface area contributed by atoms with Crippen molar-refractivity contribution in [1.82, 2.24) is 19.6 Å². The van der Waals surface area contributed by atoms with Crippen molar-refractivity contribution >= 4 is 37.7 Å². The van der Waals surface area contributed by atoms with Crippen LogP contribution in [0.1, 0.15) is 25.0 Å². The third-order valence-corrected chi connectivity index (χ3v) is 8.68. The highest BCUT2D eigenvalue weighted by Gasteiger charge is 2.32. The van der Waals surface area contributed by atoms with Gasteiger partial charge < -0.3 is 15.2 Å². The molecule has 39 heavy (non-hydrogen) atoms. The van der Waals surface area contributed by atoms with Gasteiger partial charge in [0.05, 0.1) is 32.8 Å². The zero-order valence-corrected chi connectivity index (χ0v) is 23.4. The van der Waals surface area contributed by atoms with Gasteiger partial charge in [-0.25, -0.2) is 18.2 Å². The van der Waals surface area contributed by atoms with Crippen LogP contribution in [0.5, 0.6) is 0 Å². The molecule has 2 heterocycles. The first-order valence-electron chi connectivity index (χ1n) is 12.6. The van der Waals surface area contributed by atoms with E-state index in [9.17, 15) is 18.3 Å². The molecular weight excluding hydrogens is 536 g/mol. The molecule has 11 heteroatoms. The highest BCUT2D eigenvalue weighted by atomic mass is 32.2. The average molecular weight is 569 g/mol. The van der Waals surface area contributed by atoms with Crippen molar-refractivity contribution < 1.29 is 23.1 Å². The van der Waals surface area contributed by atoms with E-state index in [4.69, 9.17) is 4.74 Å². The molecular formula is C28H32N4O5S2. The van der Waals surface area contributed by atoms with Crippen LogP contribution in [0.3, 0.4) is 0 Å². The molecule has 206 valence electrons. The maximum absolute atomic E-state index is 13.7. The number of thiazole rings is 1. The Morgan fingerprint density at radius 1 is 1.08 bits per heavy atom. The summed E-state index contributed by atoms with van der Waals surface area (Å²) in [5, 5.41) is 14.1. The Labute approximate surface area is 232 Å². The molecule has 1 amide bonds. The molecule has 9 nitrogen and oxygen atoms in total. The van der Waals surface area contributed by atoms with Crippen LogP contribution in [-0.4, -0.2) is 59.1 Å². The summed E-state index contributed by atoms with van der Waals surface area (Å²) in [6, 6.07) is 16.9. The lowest BCUT2D eigenvalue weighted by atomic mass is 10.0. The SMILES string of the molecule is CC(C)CN(C[C@H](O)[C@@H](Cc1ccccc1)NC(=O)OCc1cccnc1)S(=O)(=O)c1ccc2ncsc2c1. The van der Waals surface area contributed by atoms with Gasteiger partial charge in [-0.2, -0.15) is 4.31 Å². The van der Waals surface area contributed by atoms with Crippen LogP contribution >= 0.6 is 11.3 Å². The minimum Gasteiger partial charge on any atom is -0.445 e. The number of amides is 1. The van der Waals surface area contributed by atoms with Crippen molar-refractivity contribution in [2.45, 2.75) is 43.9 Å². The summed E-state index contributed by atoms with van der Waals surface area (Å²) < 4.78 is 34.8. The second-order valence-corrected chi connectivity index (χ2v) is 12.5. The number of carbonyl (C=O) groups is 1. The number of fused-ring (bicyclic) bond motifs is 1. The summed E-state index contributed by atoms with van der Waals surface area (Å²) in [6.45, 7) is 3.83. The Balaban J connectivity index is 1.54. The van der Waals surface area contributed by atoms with E-state index >= 15 is 0 Å². The van der Waals surface area contributed by atoms with Gasteiger partial charge in [-0.15, -0.1) is 11.3 Å². The first-order valence-corrected chi connectivity index (χ1v) is 14.9. The number of aliphatic hydroxyl groups excluding tert-OH is 1. The number of pyridine rings is 1. The quantitative estimate of drug-likeness (QED) is 0.262. The molecule has 2 aromatic carbocycles. The fraction of sp³-hybridized carbons (Fsp3) is 0.321. The van der Waals surface area contributed by atoms with Crippen LogP contribution in [0.15, 0.2) is 83.5 Å². The van der Waals surface area contributed by atoms with Gasteiger partial charge in [-0.1, -0.05) is 50.2 Å². The fourth-order valence-corrected chi connectivity index (χ4v) is 6.57. The summed E-state index contributed by atoms with van der Waals surface area (Å²) in [5.74, 6) is 0.00379. The molecule has 0 spiro atoms. The Hall–Kier alpha value is -3.38. The van der Waals surface area contributed by atoms with Gasteiger partial charge in [-0.3, -0.25) is 4.98 Å². The highest BCUT2D eigenvalue weighted by molar-refractivity contribution is 7.89. The molecule has 0 bridgehead atoms. The highest BCUT2D eigenvalue weighted by Crippen LogP contribution is 2.25. The second kappa shape index (κ2) is 13.1. The van der Waals surface area contributed by atoms with Crippen LogP contribution in [0.25, 0.3) is 10.2 Å². The van der Waals surface area contributed by atoms with Crippen LogP contribution in [0, 0.1) is 5.92 Å². The van der Waals surface area contributed by atoms with E-state index < -0.39 is 28.3 Å². The number of hydrogen-bond acceptors (Lipinski definition) is 8. The first-order chi connectivity index (χ1) is 18.7. The molecule has 0 unspecified atom stereocenters. The van der Waals surface area contributed by atoms with E-state index in [1.807, 2.05) is 44.2 Å². The van der Waals surface area contributed by atoms with Crippen LogP contribution in [0.2, 0.25) is 0 Å². The number of ether oxygens (including phenoxy) is 1. The zero-order chi connectivity index (χ0) is 27.8. The molecule has 4 aromatic rings. The summed E-state index contributed by atoms with van der Waals surface area (Å²) in [6.07, 6.45) is 1.58. The molecule has 0 saturated heterocycles. The lowest BCUT2D eigenvalue weighted by Crippen LogP contribution is -2.51. The number of aliphatic hydroxyl groups is 1. The normalized spacial score (nSPS) is 13.5. The summed E-state index contributed by atoms with van der Waals surface area (Å²) in [4.78, 5) is 21.1. The van der Waals surface area contributed by atoms with Gasteiger partial charge in [0.25, 0.3) is 0 Å². The third kappa shape index (κ3) is 7.82. The van der Waals surface area contributed by atoms with Gasteiger partial charge in [0.1, 0.15) is 6.61 Å². The third-order valence-electron chi connectivity index (χ3n) is 6.06. The Morgan fingerprint density at radius 3 is 2.56 bits per heavy atom. The van der Waals surface area contributed by atoms with Gasteiger partial charge in [0.15, 0.2) is 0 Å². The minimum absolute atomic E-state index is 0.00379. The lowest BCUT2D eigenvalue weighted by molar-refractivity contribution is 0.0873. The van der Waals surface area contributed by atoms with Gasteiger partial charge in [-0.05, 0) is 42.2 Å². The number of hydrogen-bond donors (Lipinski definition) is 2. The van der Waals surface area contributed by atoms with Crippen molar-refractivity contribution in [3.8, 4) is 0 Å². The predicted molar refractivity (Wildman–Crippen MR) is 151 cm³/mol. The smallest absolute Gasteiger partial charge is 0.407 e. The van der Waals surface area contributed by atoms with E-state index in [-0.39, 0.29) is 36.9 Å². The van der Waals surface area contributed by atoms with Crippen molar-refractivity contribution in [1.29, 1.82) is 0 Å². The number of alkyl carbamates (subject to hydrolysis) is 1. The molecule has 0 aliphatic rings. The molecule has 0 aliphatic carbocycles. The fourth-order valence-electron chi connectivity index (χ4n) is 4.14. The molecule has 0 saturated carbocycles. The topological polar surface area (TPSA) is 122 Å². The van der Waals surface area contributed by atoms with E-state index in [0.717, 1.165) is 21.3 Å². The summed E-state index contributed by atoms with van der Waals surface area (Å²) in [5.41, 5.74) is 4.00. The Kier molecular flexibility index (Phi) is 9.63. The number of carbonyl (C=O) groups excluding carboxylic acids is 1. The number of sulfonamides is 1. The maximum Gasteiger partial charge on any atom is 0.407 e. The predicted octanol–water partition coefficient (Wildman–Crippen LogP) is 4.24. The van der Waals surface area contributed by atoms with Gasteiger partial charge >= 0.3 is 6.09 Å². The van der Waals surface area contributed by atoms with Crippen LogP contribution in [0.4, 0.5) is 4.79 Å². The summed E-state index contributed by atoms with van der Waals surface area (Å²) >= 11 is 1.36. The standard InChI is InChI=1S/C28H32N4O5S2/c1-20(2)16-32(39(35,36)23-10-11-24-27(14-23)38-19-30-24)17-26(33)25(13-21-7-4-3-5-8-21)31-28(34)37-18-22-9-6-12-29-15-22/h3-12,14-15,19-20,25-26,33H,13,16-18H2,1-2H3,(H,31,34)/t25-,26+/m1/s1. The Bertz CT molecular complexity index is 1460. The number of rotatable bonds is 12. The summed E-state index contributed by atoms with van der Waals surface area (Å²) in [7, 11) is -3.94. The maximum atomic E-state index is 13.7. The Morgan fingerprint density at radius 2 is 1.85 bits per heavy atom. The molecule has 2 aromatic heterocycles. The van der Waals surface area contributed by atoms with Gasteiger partial charge in [0, 0.05) is 31.0 Å². The number of nitrogens with one attached hydrogen (secondary N) is 1. The minimum atomic E-state index is -3.94. The van der Waals surface area contributed by atoms with Crippen molar-refractivity contribution in [2.24, 2.45) is 5.92 Å². The molecule has 2 atom stereocenters. The average Bonchev–Trinajstić information content (AvgIpc) is 3.40. The van der Waals surface area contributed by atoms with E-state index in [1.54, 1.807) is 42.2 Å². The van der Waals surface area contributed by atoms with Crippen molar-refractivity contribution in [2.75, 3.05) is 13.1 Å². The number of nitrogens with zero attached hydrogens (tertiary/aromatic N) is 3. The zero-order valence-electron chi connectivity index (χ0n) is 21.8. The van der Waals surface area contributed by atoms with E-state index in [0.29, 0.717) is 0 Å². The van der Waals surface area contributed by atoms with Crippen molar-refractivity contribution in [3.05, 3.63) is 89.7 Å².